The van der Waals surface area contributed by atoms with Gasteiger partial charge in [-0.2, -0.15) is 0 Å². The monoisotopic (exact) mass is 347 g/mol. The average molecular weight is 347 g/mol. The van der Waals surface area contributed by atoms with E-state index < -0.39 is 0 Å². The highest BCUT2D eigenvalue weighted by Gasteiger charge is 2.45. The number of aromatic nitrogens is 1. The van der Waals surface area contributed by atoms with Crippen molar-refractivity contribution >= 4 is 11.8 Å². The summed E-state index contributed by atoms with van der Waals surface area (Å²) in [6, 6.07) is 4.87. The zero-order valence-corrected chi connectivity index (χ0v) is 14.6. The van der Waals surface area contributed by atoms with Crippen LogP contribution in [-0.2, 0) is 20.9 Å². The van der Waals surface area contributed by atoms with Crippen LogP contribution in [0.4, 0.5) is 0 Å². The number of pyridine rings is 1. The molecule has 1 aromatic rings. The van der Waals surface area contributed by atoms with E-state index in [1.807, 2.05) is 9.80 Å². The van der Waals surface area contributed by atoms with Gasteiger partial charge in [0.05, 0.1) is 6.61 Å². The third-order valence-corrected chi connectivity index (χ3v) is 5.35. The zero-order valence-electron chi connectivity index (χ0n) is 14.6. The molecule has 0 atom stereocenters. The molecule has 3 heterocycles. The molecule has 3 rings (SSSR count). The zero-order chi connectivity index (χ0) is 17.9. The van der Waals surface area contributed by atoms with Crippen LogP contribution in [0.3, 0.4) is 0 Å². The first-order valence-corrected chi connectivity index (χ1v) is 8.73. The second kappa shape index (κ2) is 7.39. The van der Waals surface area contributed by atoms with Crippen LogP contribution in [0.5, 0.6) is 0 Å². The number of amides is 2. The first-order chi connectivity index (χ1) is 12.0. The van der Waals surface area contributed by atoms with Crippen molar-refractivity contribution in [3.05, 3.63) is 34.7 Å². The number of ether oxygens (including phenoxy) is 1. The molecule has 0 bridgehead atoms. The minimum absolute atomic E-state index is 0.00874. The van der Waals surface area contributed by atoms with Crippen molar-refractivity contribution in [1.82, 2.24) is 14.4 Å². The lowest BCUT2D eigenvalue weighted by molar-refractivity contribution is -0.134. The predicted molar refractivity (Wildman–Crippen MR) is 92.0 cm³/mol. The Bertz CT molecular complexity index is 692. The minimum Gasteiger partial charge on any atom is -0.383 e. The molecule has 0 aliphatic carbocycles. The normalized spacial score (nSPS) is 19.6. The quantitative estimate of drug-likeness (QED) is 0.770. The largest absolute Gasteiger partial charge is 0.383 e. The summed E-state index contributed by atoms with van der Waals surface area (Å²) in [6.07, 6.45) is 3.86. The molecule has 136 valence electrons. The predicted octanol–water partition coefficient (Wildman–Crippen LogP) is 0.336. The van der Waals surface area contributed by atoms with Gasteiger partial charge in [0, 0.05) is 57.4 Å². The average Bonchev–Trinajstić information content (AvgIpc) is 2.91. The van der Waals surface area contributed by atoms with Gasteiger partial charge in [-0.05, 0) is 18.9 Å². The van der Waals surface area contributed by atoms with Gasteiger partial charge in [-0.1, -0.05) is 6.07 Å². The smallest absolute Gasteiger partial charge is 0.250 e. The summed E-state index contributed by atoms with van der Waals surface area (Å²) >= 11 is 0. The summed E-state index contributed by atoms with van der Waals surface area (Å²) in [5.41, 5.74) is -0.176. The number of nitrogens with zero attached hydrogens (tertiary/aromatic N) is 3. The van der Waals surface area contributed by atoms with Crippen LogP contribution < -0.4 is 5.56 Å². The maximum Gasteiger partial charge on any atom is 0.250 e. The Kier molecular flexibility index (Phi) is 5.22. The Morgan fingerprint density at radius 1 is 1.24 bits per heavy atom. The molecule has 1 spiro atoms. The van der Waals surface area contributed by atoms with E-state index in [1.54, 1.807) is 25.4 Å². The first-order valence-electron chi connectivity index (χ1n) is 8.73. The van der Waals surface area contributed by atoms with Gasteiger partial charge in [-0.3, -0.25) is 14.4 Å². The van der Waals surface area contributed by atoms with Gasteiger partial charge in [-0.15, -0.1) is 0 Å². The summed E-state index contributed by atoms with van der Waals surface area (Å²) in [6.45, 7) is 3.31. The van der Waals surface area contributed by atoms with Crippen LogP contribution in [0.2, 0.25) is 0 Å². The van der Waals surface area contributed by atoms with Gasteiger partial charge in [0.1, 0.15) is 6.54 Å². The molecule has 7 nitrogen and oxygen atoms in total. The molecule has 0 aromatic carbocycles. The molecule has 0 radical (unpaired) electrons. The van der Waals surface area contributed by atoms with E-state index in [0.717, 1.165) is 19.4 Å². The van der Waals surface area contributed by atoms with Gasteiger partial charge in [0.2, 0.25) is 11.8 Å². The van der Waals surface area contributed by atoms with Crippen LogP contribution in [0.25, 0.3) is 0 Å². The summed E-state index contributed by atoms with van der Waals surface area (Å²) in [5.74, 6) is 0.149. The second-order valence-corrected chi connectivity index (χ2v) is 7.03. The van der Waals surface area contributed by atoms with Gasteiger partial charge in [0.15, 0.2) is 0 Å². The van der Waals surface area contributed by atoms with Gasteiger partial charge < -0.3 is 19.1 Å². The lowest BCUT2D eigenvalue weighted by Crippen LogP contribution is -2.46. The Morgan fingerprint density at radius 2 is 2.00 bits per heavy atom. The van der Waals surface area contributed by atoms with Crippen LogP contribution >= 0.6 is 0 Å². The van der Waals surface area contributed by atoms with Crippen molar-refractivity contribution in [2.75, 3.05) is 39.9 Å². The molecular weight excluding hydrogens is 322 g/mol. The van der Waals surface area contributed by atoms with Crippen molar-refractivity contribution < 1.29 is 14.3 Å². The molecule has 2 fully saturated rings. The second-order valence-electron chi connectivity index (χ2n) is 7.03. The van der Waals surface area contributed by atoms with Crippen molar-refractivity contribution in [3.63, 3.8) is 0 Å². The molecule has 2 aliphatic rings. The van der Waals surface area contributed by atoms with E-state index in [2.05, 4.69) is 0 Å². The molecule has 2 saturated heterocycles. The molecule has 2 amide bonds. The van der Waals surface area contributed by atoms with Crippen molar-refractivity contribution in [2.45, 2.75) is 25.8 Å². The third kappa shape index (κ3) is 3.92. The molecule has 2 aliphatic heterocycles. The van der Waals surface area contributed by atoms with E-state index >= 15 is 0 Å². The standard InChI is InChI=1S/C18H25N3O4/c1-25-11-10-21-14-18(12-16(21)23)5-8-19(9-6-18)17(24)13-20-7-3-2-4-15(20)22/h2-4,7H,5-6,8-14H2,1H3. The Hall–Kier alpha value is -2.15. The van der Waals surface area contributed by atoms with E-state index in [-0.39, 0.29) is 29.3 Å². The summed E-state index contributed by atoms with van der Waals surface area (Å²) in [5, 5.41) is 0. The Balaban J connectivity index is 1.55. The molecule has 1 aromatic heterocycles. The fraction of sp³-hybridized carbons (Fsp3) is 0.611. The van der Waals surface area contributed by atoms with Crippen LogP contribution in [0, 0.1) is 5.41 Å². The number of rotatable bonds is 5. The number of methoxy groups -OCH3 is 1. The lowest BCUT2D eigenvalue weighted by Gasteiger charge is -2.38. The third-order valence-electron chi connectivity index (χ3n) is 5.35. The fourth-order valence-corrected chi connectivity index (χ4v) is 3.79. The first kappa shape index (κ1) is 17.7. The highest BCUT2D eigenvalue weighted by Crippen LogP contribution is 2.40. The number of carbonyl (C=O) groups is 2. The minimum atomic E-state index is -0.167. The van der Waals surface area contributed by atoms with Crippen molar-refractivity contribution in [1.29, 1.82) is 0 Å². The number of carbonyl (C=O) groups excluding carboxylic acids is 2. The number of piperidine rings is 1. The fourth-order valence-electron chi connectivity index (χ4n) is 3.79. The van der Waals surface area contributed by atoms with E-state index in [1.165, 1.54) is 10.6 Å². The van der Waals surface area contributed by atoms with E-state index in [9.17, 15) is 14.4 Å². The Morgan fingerprint density at radius 3 is 2.68 bits per heavy atom. The van der Waals surface area contributed by atoms with Gasteiger partial charge >= 0.3 is 0 Å². The Labute approximate surface area is 147 Å². The highest BCUT2D eigenvalue weighted by molar-refractivity contribution is 5.80. The topological polar surface area (TPSA) is 71.8 Å². The van der Waals surface area contributed by atoms with Crippen LogP contribution in [0.1, 0.15) is 19.3 Å². The van der Waals surface area contributed by atoms with Gasteiger partial charge in [0.25, 0.3) is 5.56 Å². The molecule has 25 heavy (non-hydrogen) atoms. The maximum absolute atomic E-state index is 12.5. The molecule has 0 saturated carbocycles. The summed E-state index contributed by atoms with van der Waals surface area (Å²) in [7, 11) is 1.64. The maximum atomic E-state index is 12.5. The highest BCUT2D eigenvalue weighted by atomic mass is 16.5. The van der Waals surface area contributed by atoms with Gasteiger partial charge in [-0.25, -0.2) is 0 Å². The molecular formula is C18H25N3O4. The van der Waals surface area contributed by atoms with Crippen molar-refractivity contribution in [3.8, 4) is 0 Å². The van der Waals surface area contributed by atoms with Crippen molar-refractivity contribution in [2.24, 2.45) is 5.41 Å². The number of hydrogen-bond acceptors (Lipinski definition) is 4. The number of likely N-dealkylation sites (tertiary alicyclic amines) is 2. The summed E-state index contributed by atoms with van der Waals surface area (Å²) in [4.78, 5) is 40.1. The number of hydrogen-bond donors (Lipinski definition) is 0. The lowest BCUT2D eigenvalue weighted by atomic mass is 9.77. The molecule has 0 unspecified atom stereocenters. The van der Waals surface area contributed by atoms with E-state index in [0.29, 0.717) is 32.7 Å². The van der Waals surface area contributed by atoms with Crippen LogP contribution in [0.15, 0.2) is 29.2 Å². The molecule has 7 heteroatoms. The summed E-state index contributed by atoms with van der Waals surface area (Å²) < 4.78 is 6.50. The SMILES string of the molecule is COCCN1CC2(CCN(C(=O)Cn3ccccc3=O)CC2)CC1=O. The molecule has 0 N–H and O–H groups in total. The van der Waals surface area contributed by atoms with Crippen LogP contribution in [-0.4, -0.2) is 66.1 Å². The van der Waals surface area contributed by atoms with E-state index in [4.69, 9.17) is 4.74 Å².